The molecule has 0 radical (unpaired) electrons. The molecule has 1 aromatic carbocycles. The predicted octanol–water partition coefficient (Wildman–Crippen LogP) is 1.66. The number of nitrogens with zero attached hydrogens (tertiary/aromatic N) is 2. The highest BCUT2D eigenvalue weighted by Crippen LogP contribution is 2.35. The van der Waals surface area contributed by atoms with E-state index in [1.165, 1.54) is 25.2 Å². The third-order valence-electron chi connectivity index (χ3n) is 4.67. The number of nitrogens with one attached hydrogen (secondary N) is 2. The van der Waals surface area contributed by atoms with Crippen molar-refractivity contribution in [2.24, 2.45) is 0 Å². The van der Waals surface area contributed by atoms with E-state index in [1.807, 2.05) is 0 Å². The van der Waals surface area contributed by atoms with Crippen molar-refractivity contribution in [3.8, 4) is 0 Å². The average Bonchev–Trinajstić information content (AvgIpc) is 3.10. The molecule has 12 heteroatoms. The molecule has 2 aromatic rings. The normalized spacial score (nSPS) is 14.7. The van der Waals surface area contributed by atoms with Crippen molar-refractivity contribution in [3.63, 3.8) is 0 Å². The number of Topliss-reactive ketones (excluding diaryl/α,β-unsaturated/α-hetero) is 1. The first-order valence-corrected chi connectivity index (χ1v) is 11.4. The van der Waals surface area contributed by atoms with Gasteiger partial charge in [0, 0.05) is 37.4 Å². The van der Waals surface area contributed by atoms with Gasteiger partial charge in [0.05, 0.1) is 4.90 Å². The van der Waals surface area contributed by atoms with Crippen molar-refractivity contribution >= 4 is 49.8 Å². The van der Waals surface area contributed by atoms with Gasteiger partial charge in [-0.2, -0.15) is 0 Å². The zero-order valence-corrected chi connectivity index (χ0v) is 18.6. The van der Waals surface area contributed by atoms with Crippen LogP contribution in [0, 0.1) is 6.92 Å². The van der Waals surface area contributed by atoms with Gasteiger partial charge in [-0.3, -0.25) is 24.0 Å². The summed E-state index contributed by atoms with van der Waals surface area (Å²) in [5, 5.41) is 15.5. The third kappa shape index (κ3) is 4.16. The Kier molecular flexibility index (Phi) is 6.13. The van der Waals surface area contributed by atoms with Crippen LogP contribution in [0.2, 0.25) is 0 Å². The summed E-state index contributed by atoms with van der Waals surface area (Å²) in [5.41, 5.74) is -0.317. The van der Waals surface area contributed by atoms with Gasteiger partial charge in [0.15, 0.2) is 22.4 Å². The first-order chi connectivity index (χ1) is 14.6. The van der Waals surface area contributed by atoms with Crippen molar-refractivity contribution in [3.05, 3.63) is 46.1 Å². The lowest BCUT2D eigenvalue weighted by molar-refractivity contribution is -0.120. The fourth-order valence-electron chi connectivity index (χ4n) is 3.02. The van der Waals surface area contributed by atoms with Crippen LogP contribution in [-0.2, 0) is 19.6 Å². The van der Waals surface area contributed by atoms with E-state index < -0.39 is 27.4 Å². The number of aliphatic hydroxyl groups is 1. The lowest BCUT2D eigenvalue weighted by Crippen LogP contribution is -2.37. The second kappa shape index (κ2) is 8.47. The summed E-state index contributed by atoms with van der Waals surface area (Å²) in [6, 6.07) is 5.81. The fourth-order valence-corrected chi connectivity index (χ4v) is 5.24. The second-order valence-electron chi connectivity index (χ2n) is 6.64. The lowest BCUT2D eigenvalue weighted by atomic mass is 10.1. The smallest absolute Gasteiger partial charge is 0.278 e. The van der Waals surface area contributed by atoms with Crippen LogP contribution in [0.3, 0.4) is 0 Å². The summed E-state index contributed by atoms with van der Waals surface area (Å²) in [4.78, 5) is 41.0. The van der Waals surface area contributed by atoms with Crippen LogP contribution in [0.15, 0.2) is 34.9 Å². The van der Waals surface area contributed by atoms with Gasteiger partial charge in [-0.05, 0) is 19.1 Å². The van der Waals surface area contributed by atoms with Crippen molar-refractivity contribution < 1.29 is 27.9 Å². The molecule has 0 unspecified atom stereocenters. The van der Waals surface area contributed by atoms with Crippen molar-refractivity contribution in [2.75, 3.05) is 19.4 Å². The Morgan fingerprint density at radius 1 is 1.19 bits per heavy atom. The summed E-state index contributed by atoms with van der Waals surface area (Å²) in [5.74, 6) is -2.01. The van der Waals surface area contributed by atoms with Crippen LogP contribution in [0.5, 0.6) is 0 Å². The predicted molar refractivity (Wildman–Crippen MR) is 114 cm³/mol. The molecule has 0 fully saturated rings. The molecule has 3 rings (SSSR count). The van der Waals surface area contributed by atoms with Gasteiger partial charge in [0.1, 0.15) is 5.69 Å². The minimum absolute atomic E-state index is 0.0107. The number of aromatic nitrogens is 1. The number of carbonyl (C=O) groups is 3. The largest absolute Gasteiger partial charge is 0.505 e. The quantitative estimate of drug-likeness (QED) is 0.551. The van der Waals surface area contributed by atoms with Crippen LogP contribution in [0.4, 0.5) is 5.13 Å². The number of hydrogen-bond donors (Lipinski definition) is 3. The van der Waals surface area contributed by atoms with Gasteiger partial charge < -0.3 is 10.4 Å². The van der Waals surface area contributed by atoms with E-state index in [0.717, 1.165) is 18.4 Å². The first kappa shape index (κ1) is 22.4. The monoisotopic (exact) mass is 464 g/mol. The van der Waals surface area contributed by atoms with Crippen LogP contribution >= 0.6 is 11.3 Å². The number of carbonyl (C=O) groups excluding carboxylic acids is 3. The van der Waals surface area contributed by atoms with E-state index >= 15 is 0 Å². The van der Waals surface area contributed by atoms with Crippen LogP contribution in [-0.4, -0.2) is 54.5 Å². The molecular formula is C19H20N4O6S2. The van der Waals surface area contributed by atoms with Gasteiger partial charge in [-0.15, -0.1) is 11.3 Å². The summed E-state index contributed by atoms with van der Waals surface area (Å²) in [6.45, 7) is 1.64. The Morgan fingerprint density at radius 2 is 1.87 bits per heavy atom. The van der Waals surface area contributed by atoms with Crippen LogP contribution in [0.1, 0.15) is 33.8 Å². The van der Waals surface area contributed by atoms with Crippen LogP contribution in [0.25, 0.3) is 5.76 Å². The van der Waals surface area contributed by atoms with Gasteiger partial charge in [0.2, 0.25) is 5.91 Å². The highest BCUT2D eigenvalue weighted by Gasteiger charge is 2.38. The molecule has 164 valence electrons. The van der Waals surface area contributed by atoms with Gasteiger partial charge in [0.25, 0.3) is 15.9 Å². The molecule has 1 aliphatic rings. The zero-order chi connectivity index (χ0) is 22.9. The number of benzene rings is 1. The molecular weight excluding hydrogens is 444 g/mol. The number of rotatable bonds is 6. The van der Waals surface area contributed by atoms with Crippen LogP contribution < -0.4 is 10.6 Å². The summed E-state index contributed by atoms with van der Waals surface area (Å²) in [7, 11) is -1.39. The minimum atomic E-state index is -4.03. The molecule has 1 aliphatic heterocycles. The number of sulfonamides is 1. The molecule has 0 atom stereocenters. The molecule has 10 nitrogen and oxygen atoms in total. The third-order valence-corrected chi connectivity index (χ3v) is 7.38. The summed E-state index contributed by atoms with van der Waals surface area (Å²) in [6.07, 6.45) is -0.0296. The molecule has 0 aliphatic carbocycles. The number of hydrogen-bond acceptors (Lipinski definition) is 8. The Bertz CT molecular complexity index is 1220. The fraction of sp³-hybridized carbons (Fsp3) is 0.263. The number of aryl methyl sites for hydroxylation is 1. The minimum Gasteiger partial charge on any atom is -0.505 e. The number of likely N-dealkylation sites (N-methyl/N-ethyl adjacent to an activating group) is 1. The van der Waals surface area contributed by atoms with Gasteiger partial charge in [-0.25, -0.2) is 13.4 Å². The lowest BCUT2D eigenvalue weighted by Gasteiger charge is -2.28. The number of anilines is 1. The maximum Gasteiger partial charge on any atom is 0.278 e. The number of fused-ring (bicyclic) bond motifs is 1. The number of thiazole rings is 1. The zero-order valence-electron chi connectivity index (χ0n) is 16.9. The van der Waals surface area contributed by atoms with Crippen molar-refractivity contribution in [1.82, 2.24) is 14.6 Å². The van der Waals surface area contributed by atoms with Crippen molar-refractivity contribution in [2.45, 2.75) is 24.7 Å². The SMILES string of the molecule is CNC(=O)CCC(=O)c1nc(NC(=O)C2=C(O)c3ccccc3S(=O)(=O)N2C)sc1C. The summed E-state index contributed by atoms with van der Waals surface area (Å²) < 4.78 is 26.2. The summed E-state index contributed by atoms with van der Waals surface area (Å²) >= 11 is 1.03. The van der Waals surface area contributed by atoms with Gasteiger partial charge in [-0.1, -0.05) is 12.1 Å². The van der Waals surface area contributed by atoms with E-state index in [2.05, 4.69) is 15.6 Å². The second-order valence-corrected chi connectivity index (χ2v) is 9.78. The standard InChI is InChI=1S/C19H20N4O6S2/c1-10-15(12(24)8-9-14(25)20-2)21-19(30-10)22-18(27)16-17(26)11-6-4-5-7-13(11)31(28,29)23(16)3/h4-7,26H,8-9H2,1-3H3,(H,20,25)(H,21,22,27). The Hall–Kier alpha value is -3.25. The Morgan fingerprint density at radius 3 is 2.55 bits per heavy atom. The number of aliphatic hydroxyl groups excluding tert-OH is 1. The Balaban J connectivity index is 1.87. The molecule has 1 aromatic heterocycles. The van der Waals surface area contributed by atoms with Gasteiger partial charge >= 0.3 is 0 Å². The number of ketones is 1. The molecule has 2 heterocycles. The van der Waals surface area contributed by atoms with E-state index in [9.17, 15) is 27.9 Å². The Labute approximate surface area is 182 Å². The molecule has 0 bridgehead atoms. The first-order valence-electron chi connectivity index (χ1n) is 9.12. The maximum absolute atomic E-state index is 12.8. The molecule has 0 spiro atoms. The number of amides is 2. The van der Waals surface area contributed by atoms with E-state index in [-0.39, 0.29) is 45.8 Å². The molecule has 31 heavy (non-hydrogen) atoms. The van der Waals surface area contributed by atoms with E-state index in [1.54, 1.807) is 13.0 Å². The molecule has 0 saturated heterocycles. The van der Waals surface area contributed by atoms with E-state index in [0.29, 0.717) is 9.18 Å². The van der Waals surface area contributed by atoms with Crippen molar-refractivity contribution in [1.29, 1.82) is 0 Å². The topological polar surface area (TPSA) is 146 Å². The maximum atomic E-state index is 12.8. The highest BCUT2D eigenvalue weighted by molar-refractivity contribution is 7.89. The molecule has 3 N–H and O–H groups in total. The highest BCUT2D eigenvalue weighted by atomic mass is 32.2. The molecule has 2 amide bonds. The van der Waals surface area contributed by atoms with E-state index in [4.69, 9.17) is 0 Å². The molecule has 0 saturated carbocycles. The average molecular weight is 465 g/mol.